The molecule has 1 aromatic heterocycles. The summed E-state index contributed by atoms with van der Waals surface area (Å²) >= 11 is 0. The minimum absolute atomic E-state index is 0. The highest BCUT2D eigenvalue weighted by atomic mass is 35.5. The van der Waals surface area contributed by atoms with E-state index in [9.17, 15) is 0 Å². The maximum Gasteiger partial charge on any atom is 0.119 e. The molecule has 0 bridgehead atoms. The molecule has 0 aliphatic carbocycles. The molecular formula is C23H22ClN2O-. The van der Waals surface area contributed by atoms with Gasteiger partial charge in [-0.05, 0) is 36.2 Å². The quantitative estimate of drug-likeness (QED) is 0.461. The molecule has 138 valence electrons. The maximum atomic E-state index is 5.84. The van der Waals surface area contributed by atoms with Crippen molar-refractivity contribution in [2.45, 2.75) is 19.4 Å². The minimum Gasteiger partial charge on any atom is -1.00 e. The van der Waals surface area contributed by atoms with E-state index < -0.39 is 0 Å². The number of nitrogens with zero attached hydrogens (tertiary/aromatic N) is 2. The lowest BCUT2D eigenvalue weighted by molar-refractivity contribution is -0.00000579. The van der Waals surface area contributed by atoms with E-state index in [0.29, 0.717) is 6.61 Å². The molecule has 0 atom stereocenters. The third-order valence-corrected chi connectivity index (χ3v) is 4.48. The summed E-state index contributed by atoms with van der Waals surface area (Å²) in [6, 6.07) is 28.9. The number of hydrogen-bond donors (Lipinski definition) is 0. The number of aromatic nitrogens is 2. The van der Waals surface area contributed by atoms with Crippen molar-refractivity contribution in [2.24, 2.45) is 0 Å². The molecule has 3 nitrogen and oxygen atoms in total. The second-order valence-corrected chi connectivity index (χ2v) is 6.35. The maximum absolute atomic E-state index is 5.84. The van der Waals surface area contributed by atoms with Gasteiger partial charge in [0.25, 0.3) is 0 Å². The lowest BCUT2D eigenvalue weighted by Crippen LogP contribution is -3.00. The van der Waals surface area contributed by atoms with Gasteiger partial charge < -0.3 is 21.7 Å². The summed E-state index contributed by atoms with van der Waals surface area (Å²) in [6.07, 6.45) is 1.78. The first-order valence-corrected chi connectivity index (χ1v) is 9.06. The minimum atomic E-state index is 0. The Morgan fingerprint density at radius 2 is 1.44 bits per heavy atom. The predicted octanol–water partition coefficient (Wildman–Crippen LogP) is 2.10. The molecule has 4 aromatic rings. The number of hydrogen-bond acceptors (Lipinski definition) is 2. The molecule has 4 rings (SSSR count). The molecule has 0 fully saturated rings. The smallest absolute Gasteiger partial charge is 0.119 e. The van der Waals surface area contributed by atoms with Crippen molar-refractivity contribution in [1.82, 2.24) is 9.55 Å². The normalized spacial score (nSPS) is 10.5. The van der Waals surface area contributed by atoms with Gasteiger partial charge >= 0.3 is 0 Å². The van der Waals surface area contributed by atoms with E-state index in [1.165, 1.54) is 11.1 Å². The van der Waals surface area contributed by atoms with E-state index in [1.54, 1.807) is 0 Å². The highest BCUT2D eigenvalue weighted by Gasteiger charge is 2.10. The van der Waals surface area contributed by atoms with Gasteiger partial charge in [0.05, 0.1) is 17.6 Å². The van der Waals surface area contributed by atoms with Gasteiger partial charge in [-0.1, -0.05) is 60.7 Å². The first kappa shape index (κ1) is 19.0. The second kappa shape index (κ2) is 9.24. The predicted molar refractivity (Wildman–Crippen MR) is 106 cm³/mol. The monoisotopic (exact) mass is 377 g/mol. The van der Waals surface area contributed by atoms with Crippen molar-refractivity contribution in [1.29, 1.82) is 0 Å². The van der Waals surface area contributed by atoms with Gasteiger partial charge in [-0.25, -0.2) is 4.98 Å². The van der Waals surface area contributed by atoms with Crippen molar-refractivity contribution in [2.75, 3.05) is 6.61 Å². The molecule has 4 heteroatoms. The van der Waals surface area contributed by atoms with Crippen molar-refractivity contribution >= 4 is 11.0 Å². The van der Waals surface area contributed by atoms with Crippen LogP contribution in [0.15, 0.2) is 84.9 Å². The molecule has 0 N–H and O–H groups in total. The number of para-hydroxylation sites is 3. The van der Waals surface area contributed by atoms with Crippen LogP contribution in [0.1, 0.15) is 17.8 Å². The van der Waals surface area contributed by atoms with E-state index >= 15 is 0 Å². The highest BCUT2D eigenvalue weighted by molar-refractivity contribution is 5.76. The number of aryl methyl sites for hydroxylation is 1. The Kier molecular flexibility index (Phi) is 6.50. The molecule has 1 heterocycles. The average Bonchev–Trinajstić information content (AvgIpc) is 3.04. The van der Waals surface area contributed by atoms with Crippen LogP contribution in [0.25, 0.3) is 11.0 Å². The molecule has 0 aliphatic heterocycles. The SMILES string of the molecule is [Cl-].c1ccc(Cc2nc3ccccc3n2CCCOc2ccccc2)cc1. The zero-order valence-electron chi connectivity index (χ0n) is 15.1. The summed E-state index contributed by atoms with van der Waals surface area (Å²) < 4.78 is 8.17. The molecule has 0 unspecified atom stereocenters. The van der Waals surface area contributed by atoms with E-state index in [1.807, 2.05) is 42.5 Å². The number of ether oxygens (including phenoxy) is 1. The van der Waals surface area contributed by atoms with E-state index in [0.717, 1.165) is 36.5 Å². The molecule has 0 saturated carbocycles. The molecule has 3 aromatic carbocycles. The summed E-state index contributed by atoms with van der Waals surface area (Å²) in [6.45, 7) is 1.59. The number of rotatable bonds is 7. The first-order chi connectivity index (χ1) is 12.9. The fraction of sp³-hybridized carbons (Fsp3) is 0.174. The highest BCUT2D eigenvalue weighted by Crippen LogP contribution is 2.19. The fourth-order valence-corrected chi connectivity index (χ4v) is 3.22. The Bertz CT molecular complexity index is 968. The fourth-order valence-electron chi connectivity index (χ4n) is 3.22. The van der Waals surface area contributed by atoms with Crippen molar-refractivity contribution in [3.8, 4) is 5.75 Å². The topological polar surface area (TPSA) is 27.1 Å². The average molecular weight is 378 g/mol. The Balaban J connectivity index is 0.00000210. The van der Waals surface area contributed by atoms with Gasteiger partial charge in [-0.3, -0.25) is 0 Å². The molecular weight excluding hydrogens is 356 g/mol. The summed E-state index contributed by atoms with van der Waals surface area (Å²) in [7, 11) is 0. The van der Waals surface area contributed by atoms with E-state index in [-0.39, 0.29) is 12.4 Å². The second-order valence-electron chi connectivity index (χ2n) is 6.35. The summed E-state index contributed by atoms with van der Waals surface area (Å²) in [5.41, 5.74) is 3.53. The summed E-state index contributed by atoms with van der Waals surface area (Å²) in [5, 5.41) is 0. The lowest BCUT2D eigenvalue weighted by Gasteiger charge is -2.10. The van der Waals surface area contributed by atoms with Gasteiger partial charge in [0.15, 0.2) is 0 Å². The van der Waals surface area contributed by atoms with Gasteiger partial charge in [0, 0.05) is 13.0 Å². The number of imidazole rings is 1. The lowest BCUT2D eigenvalue weighted by atomic mass is 10.1. The molecule has 27 heavy (non-hydrogen) atoms. The van der Waals surface area contributed by atoms with Crippen LogP contribution in [0, 0.1) is 0 Å². The van der Waals surface area contributed by atoms with Gasteiger partial charge in [-0.2, -0.15) is 0 Å². The molecule has 0 radical (unpaired) electrons. The van der Waals surface area contributed by atoms with Crippen LogP contribution in [0.2, 0.25) is 0 Å². The standard InChI is InChI=1S/C23H22N2O.ClH/c1-3-10-19(11-4-1)18-23-24-21-14-7-8-15-22(21)25(23)16-9-17-26-20-12-5-2-6-13-20;/h1-8,10-15H,9,16-18H2;1H/p-1. The Morgan fingerprint density at radius 3 is 2.22 bits per heavy atom. The van der Waals surface area contributed by atoms with Crippen molar-refractivity contribution < 1.29 is 17.1 Å². The first-order valence-electron chi connectivity index (χ1n) is 9.06. The Hall–Kier alpha value is -2.78. The number of fused-ring (bicyclic) bond motifs is 1. The third kappa shape index (κ3) is 4.69. The third-order valence-electron chi connectivity index (χ3n) is 4.48. The van der Waals surface area contributed by atoms with Crippen LogP contribution in [0.3, 0.4) is 0 Å². The largest absolute Gasteiger partial charge is 1.00 e. The number of halogens is 1. The molecule has 0 saturated heterocycles. The van der Waals surface area contributed by atoms with Crippen LogP contribution in [0.5, 0.6) is 5.75 Å². The summed E-state index contributed by atoms with van der Waals surface area (Å²) in [5.74, 6) is 2.03. The van der Waals surface area contributed by atoms with Gasteiger partial charge in [-0.15, -0.1) is 0 Å². The molecule has 0 spiro atoms. The molecule has 0 amide bonds. The van der Waals surface area contributed by atoms with Gasteiger partial charge in [0.2, 0.25) is 0 Å². The van der Waals surface area contributed by atoms with E-state index in [2.05, 4.69) is 47.0 Å². The van der Waals surface area contributed by atoms with Crippen LogP contribution < -0.4 is 17.1 Å². The molecule has 0 aliphatic rings. The zero-order chi connectivity index (χ0) is 17.6. The van der Waals surface area contributed by atoms with E-state index in [4.69, 9.17) is 9.72 Å². The van der Waals surface area contributed by atoms with Gasteiger partial charge in [0.1, 0.15) is 11.6 Å². The number of benzene rings is 3. The van der Waals surface area contributed by atoms with Crippen molar-refractivity contribution in [3.63, 3.8) is 0 Å². The Morgan fingerprint density at radius 1 is 0.778 bits per heavy atom. The van der Waals surface area contributed by atoms with Crippen molar-refractivity contribution in [3.05, 3.63) is 96.3 Å². The summed E-state index contributed by atoms with van der Waals surface area (Å²) in [4.78, 5) is 4.87. The zero-order valence-corrected chi connectivity index (χ0v) is 15.8. The van der Waals surface area contributed by atoms with Crippen LogP contribution >= 0.6 is 0 Å². The van der Waals surface area contributed by atoms with Crippen LogP contribution in [0.4, 0.5) is 0 Å². The Labute approximate surface area is 166 Å². The van der Waals surface area contributed by atoms with Crippen LogP contribution in [-0.2, 0) is 13.0 Å². The van der Waals surface area contributed by atoms with Crippen LogP contribution in [-0.4, -0.2) is 16.2 Å².